The molecule has 4 heteroatoms. The van der Waals surface area contributed by atoms with Gasteiger partial charge in [0.2, 0.25) is 0 Å². The molecule has 1 heterocycles. The van der Waals surface area contributed by atoms with Crippen LogP contribution in [0, 0.1) is 0 Å². The maximum Gasteiger partial charge on any atom is 0.160 e. The summed E-state index contributed by atoms with van der Waals surface area (Å²) in [5.41, 5.74) is 2.21. The third-order valence-corrected chi connectivity index (χ3v) is 5.81. The van der Waals surface area contributed by atoms with Crippen LogP contribution in [0.3, 0.4) is 0 Å². The molecule has 0 amide bonds. The van der Waals surface area contributed by atoms with Gasteiger partial charge in [-0.1, -0.05) is 33.7 Å². The van der Waals surface area contributed by atoms with Crippen LogP contribution in [-0.4, -0.2) is 12.9 Å². The zero-order chi connectivity index (χ0) is 13.2. The van der Waals surface area contributed by atoms with Gasteiger partial charge in [0.15, 0.2) is 5.78 Å². The van der Waals surface area contributed by atoms with Gasteiger partial charge >= 0.3 is 0 Å². The summed E-state index contributed by atoms with van der Waals surface area (Å²) in [6, 6.07) is 8.05. The van der Waals surface area contributed by atoms with Crippen molar-refractivity contribution in [1.82, 2.24) is 0 Å². The first-order valence-corrected chi connectivity index (χ1v) is 8.40. The Balaban J connectivity index is 1.88. The molecule has 2 nitrogen and oxygen atoms in total. The number of ketones is 1. The summed E-state index contributed by atoms with van der Waals surface area (Å²) in [5.74, 6) is 1.19. The van der Waals surface area contributed by atoms with Crippen LogP contribution in [0.2, 0.25) is 0 Å². The largest absolute Gasteiger partial charge is 0.497 e. The highest BCUT2D eigenvalue weighted by Crippen LogP contribution is 2.51. The lowest BCUT2D eigenvalue weighted by Gasteiger charge is -2.02. The molecule has 1 saturated carbocycles. The molecule has 1 fully saturated rings. The van der Waals surface area contributed by atoms with Crippen molar-refractivity contribution >= 4 is 32.3 Å². The second-order valence-corrected chi connectivity index (χ2v) is 6.74. The van der Waals surface area contributed by atoms with Gasteiger partial charge in [-0.15, -0.1) is 0 Å². The summed E-state index contributed by atoms with van der Waals surface area (Å²) in [4.78, 5) is 14.1. The first kappa shape index (κ1) is 12.9. The third kappa shape index (κ3) is 2.60. The van der Waals surface area contributed by atoms with Crippen molar-refractivity contribution in [3.63, 3.8) is 0 Å². The van der Waals surface area contributed by atoms with Crippen molar-refractivity contribution in [2.24, 2.45) is 0 Å². The van der Waals surface area contributed by atoms with E-state index < -0.39 is 0 Å². The second-order valence-electron chi connectivity index (χ2n) is 4.52. The predicted octanol–water partition coefficient (Wildman–Crippen LogP) is 4.44. The fourth-order valence-corrected chi connectivity index (χ4v) is 4.81. The topological polar surface area (TPSA) is 26.3 Å². The first-order chi connectivity index (χ1) is 9.28. The van der Waals surface area contributed by atoms with Gasteiger partial charge in [-0.25, -0.2) is 0 Å². The fourth-order valence-electron chi connectivity index (χ4n) is 2.26. The molecule has 19 heavy (non-hydrogen) atoms. The molecule has 1 aromatic rings. The summed E-state index contributed by atoms with van der Waals surface area (Å²) in [6.07, 6.45) is 4.81. The molecule has 98 valence electrons. The van der Waals surface area contributed by atoms with E-state index in [0.717, 1.165) is 35.5 Å². The Morgan fingerprint density at radius 2 is 1.89 bits per heavy atom. The van der Waals surface area contributed by atoms with Crippen LogP contribution in [0.4, 0.5) is 0 Å². The summed E-state index contributed by atoms with van der Waals surface area (Å²) < 4.78 is 5.16. The Morgan fingerprint density at radius 1 is 1.11 bits per heavy atom. The Labute approximate surface area is 120 Å². The number of Topliss-reactive ketones (excluding diaryl/α,β-unsaturated/α-hetero) is 1. The van der Waals surface area contributed by atoms with Gasteiger partial charge in [0, 0.05) is 21.8 Å². The normalized spacial score (nSPS) is 22.8. The highest BCUT2D eigenvalue weighted by molar-refractivity contribution is 8.82. The number of allylic oxidation sites excluding steroid dienone is 2. The minimum atomic E-state index is 0.329. The smallest absolute Gasteiger partial charge is 0.160 e. The van der Waals surface area contributed by atoms with E-state index in [9.17, 15) is 4.79 Å². The molecular formula is C15H14O2S2. The number of carbonyl (C=O) groups excluding carboxylic acids is 1. The Kier molecular flexibility index (Phi) is 3.71. The van der Waals surface area contributed by atoms with E-state index in [-0.39, 0.29) is 0 Å². The highest BCUT2D eigenvalue weighted by atomic mass is 33.1. The molecule has 0 spiro atoms. The van der Waals surface area contributed by atoms with E-state index in [1.165, 1.54) is 10.5 Å². The van der Waals surface area contributed by atoms with E-state index in [2.05, 4.69) is 18.2 Å². The van der Waals surface area contributed by atoms with Crippen molar-refractivity contribution in [2.75, 3.05) is 7.11 Å². The molecule has 1 aliphatic heterocycles. The molecule has 3 rings (SSSR count). The summed E-state index contributed by atoms with van der Waals surface area (Å²) in [5, 5.41) is 0. The summed E-state index contributed by atoms with van der Waals surface area (Å²) in [6.45, 7) is 0. The van der Waals surface area contributed by atoms with E-state index >= 15 is 0 Å². The van der Waals surface area contributed by atoms with Crippen molar-refractivity contribution in [3.8, 4) is 5.75 Å². The second kappa shape index (κ2) is 5.47. The lowest BCUT2D eigenvalue weighted by molar-refractivity contribution is -0.114. The third-order valence-electron chi connectivity index (χ3n) is 3.32. The van der Waals surface area contributed by atoms with Crippen LogP contribution in [0.5, 0.6) is 5.75 Å². The van der Waals surface area contributed by atoms with Crippen LogP contribution >= 0.6 is 21.6 Å². The number of hydrogen-bond acceptors (Lipinski definition) is 4. The summed E-state index contributed by atoms with van der Waals surface area (Å²) >= 11 is 0. The Hall–Kier alpha value is -1.13. The number of hydrogen-bond donors (Lipinski definition) is 0. The van der Waals surface area contributed by atoms with E-state index in [4.69, 9.17) is 4.74 Å². The average molecular weight is 290 g/mol. The fraction of sp³-hybridized carbons (Fsp3) is 0.267. The van der Waals surface area contributed by atoms with Crippen LogP contribution < -0.4 is 4.74 Å². The molecule has 2 aliphatic rings. The van der Waals surface area contributed by atoms with Gasteiger partial charge in [-0.3, -0.25) is 4.79 Å². The Morgan fingerprint density at radius 3 is 2.53 bits per heavy atom. The zero-order valence-electron chi connectivity index (χ0n) is 10.6. The van der Waals surface area contributed by atoms with E-state index in [1.807, 2.05) is 12.1 Å². The molecule has 0 N–H and O–H groups in total. The van der Waals surface area contributed by atoms with Gasteiger partial charge in [-0.2, -0.15) is 0 Å². The quantitative estimate of drug-likeness (QED) is 0.594. The molecule has 0 radical (unpaired) electrons. The van der Waals surface area contributed by atoms with Gasteiger partial charge in [0.1, 0.15) is 5.75 Å². The standard InChI is InChI=1S/C15H14O2S2/c1-17-11-7-5-10(6-8-11)14-9-15(19-18-14)12-3-2-4-13(12)16/h5-9H,2-4H2,1H3. The van der Waals surface area contributed by atoms with Gasteiger partial charge in [0.25, 0.3) is 0 Å². The number of carbonyl (C=O) groups is 1. The zero-order valence-corrected chi connectivity index (χ0v) is 12.3. The number of benzene rings is 1. The molecule has 0 saturated heterocycles. The molecule has 1 aliphatic carbocycles. The SMILES string of the molecule is COc1ccc(C2=CC(=C3CCCC3=O)SS2)cc1. The van der Waals surface area contributed by atoms with Crippen molar-refractivity contribution in [1.29, 1.82) is 0 Å². The lowest BCUT2D eigenvalue weighted by Crippen LogP contribution is -1.92. The van der Waals surface area contributed by atoms with Gasteiger partial charge < -0.3 is 4.74 Å². The predicted molar refractivity (Wildman–Crippen MR) is 82.0 cm³/mol. The highest BCUT2D eigenvalue weighted by Gasteiger charge is 2.24. The molecule has 0 unspecified atom stereocenters. The minimum absolute atomic E-state index is 0.329. The maximum absolute atomic E-state index is 11.8. The maximum atomic E-state index is 11.8. The number of rotatable bonds is 2. The summed E-state index contributed by atoms with van der Waals surface area (Å²) in [7, 11) is 5.11. The number of methoxy groups -OCH3 is 1. The molecule has 0 atom stereocenters. The van der Waals surface area contributed by atoms with Crippen LogP contribution in [0.15, 0.2) is 40.8 Å². The van der Waals surface area contributed by atoms with Gasteiger partial charge in [0.05, 0.1) is 7.11 Å². The van der Waals surface area contributed by atoms with Crippen LogP contribution in [-0.2, 0) is 4.79 Å². The van der Waals surface area contributed by atoms with E-state index in [0.29, 0.717) is 5.78 Å². The molecule has 0 aromatic heterocycles. The van der Waals surface area contributed by atoms with E-state index in [1.54, 1.807) is 28.7 Å². The monoisotopic (exact) mass is 290 g/mol. The molecule has 1 aromatic carbocycles. The number of ether oxygens (including phenoxy) is 1. The van der Waals surface area contributed by atoms with Crippen LogP contribution in [0.1, 0.15) is 24.8 Å². The lowest BCUT2D eigenvalue weighted by atomic mass is 10.1. The van der Waals surface area contributed by atoms with Crippen molar-refractivity contribution in [3.05, 3.63) is 46.4 Å². The molecular weight excluding hydrogens is 276 g/mol. The average Bonchev–Trinajstić information content (AvgIpc) is 3.07. The van der Waals surface area contributed by atoms with Crippen LogP contribution in [0.25, 0.3) is 4.91 Å². The van der Waals surface area contributed by atoms with Gasteiger partial charge in [-0.05, 0) is 36.6 Å². The van der Waals surface area contributed by atoms with Crippen molar-refractivity contribution in [2.45, 2.75) is 19.3 Å². The minimum Gasteiger partial charge on any atom is -0.497 e. The molecule has 0 bridgehead atoms. The Bertz CT molecular complexity index is 570. The van der Waals surface area contributed by atoms with Crippen molar-refractivity contribution < 1.29 is 9.53 Å². The first-order valence-electron chi connectivity index (χ1n) is 6.25.